The highest BCUT2D eigenvalue weighted by atomic mass is 35.5. The smallest absolute Gasteiger partial charge is 0.0556 e. The van der Waals surface area contributed by atoms with Crippen molar-refractivity contribution in [2.45, 2.75) is 0 Å². The third kappa shape index (κ3) is 5.75. The minimum absolute atomic E-state index is 0. The third-order valence-electron chi connectivity index (χ3n) is 1.66. The summed E-state index contributed by atoms with van der Waals surface area (Å²) in [6, 6.07) is 10.1. The van der Waals surface area contributed by atoms with Gasteiger partial charge in [-0.05, 0) is 5.56 Å². The Balaban J connectivity index is 0.00000169. The van der Waals surface area contributed by atoms with E-state index in [0.717, 1.165) is 6.54 Å². The van der Waals surface area contributed by atoms with Crippen LogP contribution in [0.1, 0.15) is 5.56 Å². The number of hydrogen-bond donors (Lipinski definition) is 2. The summed E-state index contributed by atoms with van der Waals surface area (Å²) in [6.07, 6.45) is 4.11. The van der Waals surface area contributed by atoms with E-state index in [0.29, 0.717) is 6.54 Å². The molecule has 0 radical (unpaired) electrons. The van der Waals surface area contributed by atoms with Crippen LogP contribution in [0.4, 0.5) is 0 Å². The quantitative estimate of drug-likeness (QED) is 0.730. The largest absolute Gasteiger partial charge is 0.395 e. The van der Waals surface area contributed by atoms with E-state index in [1.165, 1.54) is 5.56 Å². The van der Waals surface area contributed by atoms with Crippen molar-refractivity contribution in [3.63, 3.8) is 0 Å². The van der Waals surface area contributed by atoms with Gasteiger partial charge in [0.05, 0.1) is 6.61 Å². The SMILES string of the molecule is Cl.OCCNC/C=C/c1ccccc1. The molecule has 2 N–H and O–H groups in total. The van der Waals surface area contributed by atoms with Gasteiger partial charge in [0.25, 0.3) is 0 Å². The topological polar surface area (TPSA) is 32.3 Å². The van der Waals surface area contributed by atoms with Gasteiger partial charge in [-0.25, -0.2) is 0 Å². The van der Waals surface area contributed by atoms with E-state index in [-0.39, 0.29) is 19.0 Å². The van der Waals surface area contributed by atoms with Gasteiger partial charge in [-0.15, -0.1) is 12.4 Å². The van der Waals surface area contributed by atoms with Crippen LogP contribution in [0.15, 0.2) is 36.4 Å². The molecular weight excluding hydrogens is 198 g/mol. The molecule has 0 heterocycles. The molecule has 0 spiro atoms. The highest BCUT2D eigenvalue weighted by molar-refractivity contribution is 5.85. The number of benzene rings is 1. The maximum Gasteiger partial charge on any atom is 0.0556 e. The first-order valence-electron chi connectivity index (χ1n) is 4.46. The summed E-state index contributed by atoms with van der Waals surface area (Å²) < 4.78 is 0. The normalized spacial score (nSPS) is 10.1. The monoisotopic (exact) mass is 213 g/mol. The van der Waals surface area contributed by atoms with E-state index in [4.69, 9.17) is 5.11 Å². The van der Waals surface area contributed by atoms with Gasteiger partial charge in [0.2, 0.25) is 0 Å². The number of nitrogens with one attached hydrogen (secondary N) is 1. The summed E-state index contributed by atoms with van der Waals surface area (Å²) in [5.74, 6) is 0. The van der Waals surface area contributed by atoms with Crippen LogP contribution in [0.3, 0.4) is 0 Å². The van der Waals surface area contributed by atoms with Crippen molar-refractivity contribution in [2.24, 2.45) is 0 Å². The lowest BCUT2D eigenvalue weighted by Crippen LogP contribution is -2.17. The lowest BCUT2D eigenvalue weighted by atomic mass is 10.2. The molecule has 0 saturated carbocycles. The predicted molar refractivity (Wildman–Crippen MR) is 62.7 cm³/mol. The fourth-order valence-corrected chi connectivity index (χ4v) is 1.02. The molecule has 0 unspecified atom stereocenters. The second-order valence-corrected chi connectivity index (χ2v) is 2.74. The summed E-state index contributed by atoms with van der Waals surface area (Å²) in [5.41, 5.74) is 1.20. The van der Waals surface area contributed by atoms with E-state index < -0.39 is 0 Å². The standard InChI is InChI=1S/C11H15NO.ClH/c13-10-9-12-8-4-7-11-5-2-1-3-6-11;/h1-7,12-13H,8-10H2;1H/b7-4+;. The molecule has 0 aliphatic heterocycles. The van der Waals surface area contributed by atoms with Crippen LogP contribution in [0.2, 0.25) is 0 Å². The third-order valence-corrected chi connectivity index (χ3v) is 1.66. The Kier molecular flexibility index (Phi) is 8.24. The molecule has 0 aromatic heterocycles. The Bertz CT molecular complexity index is 249. The molecular formula is C11H16ClNO. The second-order valence-electron chi connectivity index (χ2n) is 2.74. The molecule has 1 aromatic carbocycles. The summed E-state index contributed by atoms with van der Waals surface area (Å²) >= 11 is 0. The molecule has 0 atom stereocenters. The zero-order chi connectivity index (χ0) is 9.36. The number of halogens is 1. The Morgan fingerprint density at radius 2 is 1.93 bits per heavy atom. The first-order chi connectivity index (χ1) is 6.43. The molecule has 2 nitrogen and oxygen atoms in total. The Morgan fingerprint density at radius 1 is 1.21 bits per heavy atom. The maximum absolute atomic E-state index is 8.50. The summed E-state index contributed by atoms with van der Waals surface area (Å²) in [6.45, 7) is 1.65. The van der Waals surface area contributed by atoms with Crippen molar-refractivity contribution >= 4 is 18.5 Å². The molecule has 0 aliphatic rings. The molecule has 1 rings (SSSR count). The molecule has 14 heavy (non-hydrogen) atoms. The maximum atomic E-state index is 8.50. The second kappa shape index (κ2) is 8.75. The molecule has 0 fully saturated rings. The van der Waals surface area contributed by atoms with Crippen LogP contribution < -0.4 is 5.32 Å². The van der Waals surface area contributed by atoms with Crippen LogP contribution in [0, 0.1) is 0 Å². The van der Waals surface area contributed by atoms with E-state index in [1.807, 2.05) is 24.3 Å². The highest BCUT2D eigenvalue weighted by Gasteiger charge is 1.82. The molecule has 1 aromatic rings. The fraction of sp³-hybridized carbons (Fsp3) is 0.273. The van der Waals surface area contributed by atoms with Gasteiger partial charge >= 0.3 is 0 Å². The average molecular weight is 214 g/mol. The molecule has 3 heteroatoms. The number of aliphatic hydroxyl groups excluding tert-OH is 1. The van der Waals surface area contributed by atoms with Crippen molar-refractivity contribution in [1.29, 1.82) is 0 Å². The van der Waals surface area contributed by atoms with Crippen molar-refractivity contribution in [3.8, 4) is 0 Å². The van der Waals surface area contributed by atoms with Crippen molar-refractivity contribution in [2.75, 3.05) is 19.7 Å². The molecule has 0 amide bonds. The summed E-state index contributed by atoms with van der Waals surface area (Å²) in [4.78, 5) is 0. The van der Waals surface area contributed by atoms with Crippen molar-refractivity contribution < 1.29 is 5.11 Å². The number of aliphatic hydroxyl groups is 1. The predicted octanol–water partition coefficient (Wildman–Crippen LogP) is 1.70. The van der Waals surface area contributed by atoms with Crippen LogP contribution in [-0.2, 0) is 0 Å². The minimum atomic E-state index is 0. The van der Waals surface area contributed by atoms with Crippen molar-refractivity contribution in [1.82, 2.24) is 5.32 Å². The number of rotatable bonds is 5. The van der Waals surface area contributed by atoms with E-state index in [9.17, 15) is 0 Å². The first kappa shape index (κ1) is 13.2. The Morgan fingerprint density at radius 3 is 2.57 bits per heavy atom. The van der Waals surface area contributed by atoms with E-state index >= 15 is 0 Å². The molecule has 78 valence electrons. The van der Waals surface area contributed by atoms with Crippen LogP contribution >= 0.6 is 12.4 Å². The van der Waals surface area contributed by atoms with Gasteiger partial charge in [-0.3, -0.25) is 0 Å². The molecule has 0 aliphatic carbocycles. The fourth-order valence-electron chi connectivity index (χ4n) is 1.02. The zero-order valence-electron chi connectivity index (χ0n) is 8.02. The minimum Gasteiger partial charge on any atom is -0.395 e. The van der Waals surface area contributed by atoms with Gasteiger partial charge in [0.1, 0.15) is 0 Å². The first-order valence-corrected chi connectivity index (χ1v) is 4.46. The number of hydrogen-bond acceptors (Lipinski definition) is 2. The van der Waals surface area contributed by atoms with Gasteiger partial charge in [0, 0.05) is 13.1 Å². The summed E-state index contributed by atoms with van der Waals surface area (Å²) in [7, 11) is 0. The van der Waals surface area contributed by atoms with Crippen molar-refractivity contribution in [3.05, 3.63) is 42.0 Å². The Labute approximate surface area is 91.1 Å². The van der Waals surface area contributed by atoms with Gasteiger partial charge < -0.3 is 10.4 Å². The van der Waals surface area contributed by atoms with Crippen LogP contribution in [0.25, 0.3) is 6.08 Å². The van der Waals surface area contributed by atoms with Crippen LogP contribution in [0.5, 0.6) is 0 Å². The molecule has 0 bridgehead atoms. The van der Waals surface area contributed by atoms with Gasteiger partial charge in [0.15, 0.2) is 0 Å². The molecule has 0 saturated heterocycles. The van der Waals surface area contributed by atoms with Gasteiger partial charge in [-0.2, -0.15) is 0 Å². The zero-order valence-corrected chi connectivity index (χ0v) is 8.83. The van der Waals surface area contributed by atoms with E-state index in [2.05, 4.69) is 23.5 Å². The van der Waals surface area contributed by atoms with Crippen LogP contribution in [-0.4, -0.2) is 24.8 Å². The highest BCUT2D eigenvalue weighted by Crippen LogP contribution is 1.99. The van der Waals surface area contributed by atoms with E-state index in [1.54, 1.807) is 0 Å². The lowest BCUT2D eigenvalue weighted by molar-refractivity contribution is 0.294. The average Bonchev–Trinajstić information content (AvgIpc) is 2.19. The lowest BCUT2D eigenvalue weighted by Gasteiger charge is -1.95. The summed E-state index contributed by atoms with van der Waals surface area (Å²) in [5, 5.41) is 11.6. The Hall–Kier alpha value is -0.830. The van der Waals surface area contributed by atoms with Gasteiger partial charge in [-0.1, -0.05) is 42.5 Å².